The van der Waals surface area contributed by atoms with Crippen molar-refractivity contribution in [3.63, 3.8) is 0 Å². The lowest BCUT2D eigenvalue weighted by molar-refractivity contribution is 0.0707. The molecule has 20 heterocycles. The summed E-state index contributed by atoms with van der Waals surface area (Å²) in [4.78, 5) is 51.4. The van der Waals surface area contributed by atoms with Crippen LogP contribution in [-0.2, 0) is 77.5 Å². The predicted molar refractivity (Wildman–Crippen MR) is 508 cm³/mol. The number of hydrogen-bond donors (Lipinski definition) is 5. The minimum absolute atomic E-state index is 0.0246. The summed E-state index contributed by atoms with van der Waals surface area (Å²) in [5.41, 5.74) is 10.3. The average Bonchev–Trinajstić information content (AvgIpc) is 1.53. The maximum absolute atomic E-state index is 12.8. The van der Waals surface area contributed by atoms with E-state index in [0.29, 0.717) is 65.6 Å². The van der Waals surface area contributed by atoms with E-state index < -0.39 is 82.2 Å². The standard InChI is InChI=1S/C20H19N7O2S.C18H17N7O2S.C18H17N7OS.C17H18N6O2S.C16H17N7O2S/c1-19(4-5-19)30(28,29)26-12-20(13-26,6-7-21)27-11-14(9-25-27)17-15-3-8-23-18(15)24-10-16(17)22-2;1-3-28(26,27)24-11-18(12-24,5-6-19)25-10-13(8-23-25)16-14-4-7-21-17(14)22-9-15(16)20-2;1-20-15-9-22-17-14(4-7-21-17)16(15)13-8-23-25(10-13)18(5-6-19)11-24(12-18)27(2,3)26;1-2-26(24,25)22-11-17(12-22,6-7-18)23-10-5-15(21-23)13-3-8-19-16-14(13)4-9-20-16;1-2-26(24,25)22-9-16(10-22,4-5-17)23-8-12(7-21-23)13-3-6-18-15-14(13)19-11-20-15/h3,8-11H,4-6,12-13H2,1H3,(H,23,24);4,7-10H,3,5,11-12H2,1H3,(H,21,22);4,7-10H,2,5,11-12H2,3H3,(H,21,22);3-5,8-10H,2,6,11-12H2,1H3,(H,19,20);3,6-8,11H,2,4,9-10H2,1H3,(H,18,19,20). The van der Waals surface area contributed by atoms with Gasteiger partial charge in [0.15, 0.2) is 5.65 Å². The largest absolute Gasteiger partial charge is 0.346 e. The number of nitriles is 5. The number of rotatable bonds is 24. The molecular formula is C89H88N34O9S5. The zero-order chi connectivity index (χ0) is 97.1. The predicted octanol–water partition coefficient (Wildman–Crippen LogP) is 9.99. The van der Waals surface area contributed by atoms with Gasteiger partial charge in [0.25, 0.3) is 0 Å². The SMILES string of the molecule is CCS(=O)(=O)N1CC(CC#N)(n2cc(-c3ccnc4nc[nH]c34)cn2)C1.CCS(=O)(=O)N1CC(CC#N)(n2ccc(-c3ccnc4[nH]ccc34)n2)C1.[C-]#[N+]c1cnc2[nH]ccc2c1-c1cnn(C2(CC#N)CN(S(=C)(C)=O)C2)c1.[C-]#[N+]c1cnc2[nH]ccc2c1-c1cnn(C2(CC#N)CN(S(=O)(=O)C3(C)CC3)C2)c1.[C-]#[N+]c1cnc2[nH]ccc2c1-c1cnn(C2(CC#N)CN(S(=O)(=O)CC)C2)c1. The molecule has 137 heavy (non-hydrogen) atoms. The van der Waals surface area contributed by atoms with Crippen LogP contribution in [0.3, 0.4) is 0 Å². The maximum atomic E-state index is 12.8. The summed E-state index contributed by atoms with van der Waals surface area (Å²) in [7, 11) is -15.5. The molecule has 21 rings (SSSR count). The fourth-order valence-electron chi connectivity index (χ4n) is 17.8. The zero-order valence-corrected chi connectivity index (χ0v) is 78.6. The lowest BCUT2D eigenvalue weighted by Crippen LogP contribution is -2.65. The fourth-order valence-corrected chi connectivity index (χ4v) is 24.6. The van der Waals surface area contributed by atoms with E-state index in [1.165, 1.54) is 29.6 Å². The summed E-state index contributed by atoms with van der Waals surface area (Å²) in [6.45, 7) is 31.9. The summed E-state index contributed by atoms with van der Waals surface area (Å²) < 4.78 is 126. The molecule has 1 unspecified atom stereocenters. The number of aromatic nitrogens is 21. The Hall–Kier alpha value is -15.0. The van der Waals surface area contributed by atoms with Gasteiger partial charge in [0.05, 0.1) is 146 Å². The van der Waals surface area contributed by atoms with Crippen molar-refractivity contribution >= 4 is 128 Å². The molecule has 1 atom stereocenters. The van der Waals surface area contributed by atoms with E-state index in [9.17, 15) is 64.2 Å². The molecule has 0 bridgehead atoms. The summed E-state index contributed by atoms with van der Waals surface area (Å²) in [5.74, 6) is 3.85. The van der Waals surface area contributed by atoms with Gasteiger partial charge in [0.1, 0.15) is 50.3 Å². The molecule has 6 fully saturated rings. The van der Waals surface area contributed by atoms with Crippen LogP contribution in [0.1, 0.15) is 72.6 Å². The van der Waals surface area contributed by atoms with Crippen LogP contribution in [0.15, 0.2) is 160 Å². The summed E-state index contributed by atoms with van der Waals surface area (Å²) in [6.07, 6.45) is 36.5. The molecule has 0 radical (unpaired) electrons. The van der Waals surface area contributed by atoms with Crippen molar-refractivity contribution in [2.24, 2.45) is 0 Å². The highest BCUT2D eigenvalue weighted by Gasteiger charge is 2.60. The lowest BCUT2D eigenvalue weighted by atomic mass is 9.89. The third kappa shape index (κ3) is 16.9. The third-order valence-electron chi connectivity index (χ3n) is 26.1. The number of imidazole rings is 1. The van der Waals surface area contributed by atoms with E-state index in [-0.39, 0.29) is 102 Å². The minimum Gasteiger partial charge on any atom is -0.346 e. The summed E-state index contributed by atoms with van der Waals surface area (Å²) >= 11 is 0. The molecule has 0 spiro atoms. The number of pyridine rings is 5. The Bertz CT molecular complexity index is 8050. The van der Waals surface area contributed by atoms with Crippen molar-refractivity contribution in [2.45, 2.75) is 105 Å². The van der Waals surface area contributed by atoms with Gasteiger partial charge in [-0.25, -0.2) is 67.5 Å². The Balaban J connectivity index is 0.000000119. The van der Waals surface area contributed by atoms with E-state index in [4.69, 9.17) is 19.7 Å². The molecule has 5 N–H and O–H groups in total. The van der Waals surface area contributed by atoms with Crippen LogP contribution in [0.2, 0.25) is 0 Å². The van der Waals surface area contributed by atoms with Crippen molar-refractivity contribution in [3.8, 4) is 86.1 Å². The second-order valence-electron chi connectivity index (χ2n) is 34.8. The van der Waals surface area contributed by atoms with Gasteiger partial charge in [-0.2, -0.15) is 69.0 Å². The smallest absolute Gasteiger partial charge is 0.219 e. The maximum Gasteiger partial charge on any atom is 0.219 e. The third-order valence-corrected chi connectivity index (χ3v) is 35.4. The van der Waals surface area contributed by atoms with Crippen molar-refractivity contribution in [3.05, 3.63) is 195 Å². The number of nitrogens with zero attached hydrogens (tertiary/aromatic N) is 29. The van der Waals surface area contributed by atoms with Crippen LogP contribution in [0.4, 0.5) is 17.1 Å². The Labute approximate surface area is 787 Å². The Kier molecular flexibility index (Phi) is 24.6. The highest BCUT2D eigenvalue weighted by atomic mass is 32.2. The monoisotopic (exact) mass is 1940 g/mol. The van der Waals surface area contributed by atoms with Gasteiger partial charge in [0, 0.05) is 240 Å². The molecule has 15 aromatic rings. The highest BCUT2D eigenvalue weighted by Crippen LogP contribution is 2.50. The zero-order valence-electron chi connectivity index (χ0n) is 74.5. The van der Waals surface area contributed by atoms with Gasteiger partial charge in [-0.3, -0.25) is 42.6 Å². The number of aromatic amines is 5. The van der Waals surface area contributed by atoms with Gasteiger partial charge >= 0.3 is 0 Å². The molecule has 43 nitrogen and oxygen atoms in total. The van der Waals surface area contributed by atoms with Crippen LogP contribution in [0.5, 0.6) is 0 Å². The fraction of sp³-hybridized carbons (Fsp3) is 0.348. The second-order valence-corrected chi connectivity index (χ2v) is 46.5. The first-order valence-corrected chi connectivity index (χ1v) is 51.3. The van der Waals surface area contributed by atoms with E-state index in [1.54, 1.807) is 142 Å². The van der Waals surface area contributed by atoms with Crippen LogP contribution in [-0.4, -0.2) is 263 Å². The number of fused-ring (bicyclic) bond motifs is 5. The molecule has 5 aliphatic heterocycles. The van der Waals surface area contributed by atoms with E-state index in [2.05, 4.69) is 131 Å². The van der Waals surface area contributed by atoms with Crippen molar-refractivity contribution < 1.29 is 37.9 Å². The summed E-state index contributed by atoms with van der Waals surface area (Å²) in [6, 6.07) is 24.1. The van der Waals surface area contributed by atoms with Gasteiger partial charge in [-0.05, 0) is 88.9 Å². The Morgan fingerprint density at radius 1 is 0.409 bits per heavy atom. The quantitative estimate of drug-likeness (QED) is 0.0277. The van der Waals surface area contributed by atoms with Crippen molar-refractivity contribution in [1.29, 1.82) is 26.3 Å². The van der Waals surface area contributed by atoms with Crippen LogP contribution >= 0.6 is 0 Å². The normalized spacial score (nSPS) is 17.8. The molecule has 0 aromatic carbocycles. The molecular weight excluding hydrogens is 1850 g/mol. The van der Waals surface area contributed by atoms with Crippen LogP contribution in [0, 0.1) is 76.4 Å². The number of hydrogen-bond acceptors (Lipinski definition) is 25. The molecule has 15 aromatic heterocycles. The van der Waals surface area contributed by atoms with Crippen molar-refractivity contribution in [1.82, 2.24) is 125 Å². The number of nitrogens with one attached hydrogen (secondary N) is 5. The molecule has 48 heteroatoms. The first-order chi connectivity index (χ1) is 65.6. The first kappa shape index (κ1) is 93.8. The van der Waals surface area contributed by atoms with Gasteiger partial charge in [-0.15, -0.1) is 0 Å². The molecule has 6 aliphatic rings. The molecule has 5 saturated heterocycles. The Morgan fingerprint density at radius 3 is 1.11 bits per heavy atom. The van der Waals surface area contributed by atoms with E-state index >= 15 is 0 Å². The van der Waals surface area contributed by atoms with Gasteiger partial charge in [-0.1, -0.05) is 0 Å². The number of sulfonamides is 4. The van der Waals surface area contributed by atoms with Crippen LogP contribution < -0.4 is 0 Å². The first-order valence-electron chi connectivity index (χ1n) is 43.0. The lowest BCUT2D eigenvalue weighted by Gasteiger charge is -2.49. The summed E-state index contributed by atoms with van der Waals surface area (Å²) in [5, 5.41) is 72.4. The van der Waals surface area contributed by atoms with Gasteiger partial charge in [0.2, 0.25) is 57.2 Å². The molecule has 1 saturated carbocycles. The molecule has 0 amide bonds. The van der Waals surface area contributed by atoms with E-state index in [0.717, 1.165) is 88.5 Å². The Morgan fingerprint density at radius 2 is 0.745 bits per heavy atom. The van der Waals surface area contributed by atoms with Crippen LogP contribution in [0.25, 0.3) is 126 Å². The molecule has 1 aliphatic carbocycles. The number of H-pyrrole nitrogens is 5. The average molecular weight is 1940 g/mol. The van der Waals surface area contributed by atoms with E-state index in [1.807, 2.05) is 67.3 Å². The van der Waals surface area contributed by atoms with Gasteiger partial charge < -0.3 is 24.9 Å². The highest BCUT2D eigenvalue weighted by molar-refractivity contribution is 7.97. The minimum atomic E-state index is -3.37. The van der Waals surface area contributed by atoms with Crippen molar-refractivity contribution in [2.75, 3.05) is 89.0 Å². The molecule has 698 valence electrons. The topological polar surface area (TPSA) is 547 Å². The second kappa shape index (κ2) is 36.0.